The van der Waals surface area contributed by atoms with E-state index in [1.165, 1.54) is 19.3 Å². The molecule has 2 nitrogen and oxygen atoms in total. The highest BCUT2D eigenvalue weighted by Crippen LogP contribution is 2.25. The highest BCUT2D eigenvalue weighted by molar-refractivity contribution is 6.29. The Morgan fingerprint density at radius 2 is 1.84 bits per heavy atom. The van der Waals surface area contributed by atoms with Crippen LogP contribution in [0.2, 0.25) is 0 Å². The van der Waals surface area contributed by atoms with Crippen LogP contribution in [0.25, 0.3) is 0 Å². The van der Waals surface area contributed by atoms with Gasteiger partial charge in [-0.05, 0) is 25.0 Å². The van der Waals surface area contributed by atoms with Crippen molar-refractivity contribution in [1.82, 2.24) is 4.90 Å². The van der Waals surface area contributed by atoms with Gasteiger partial charge >= 0.3 is 0 Å². The smallest absolute Gasteiger partial charge is 0.254 e. The standard InChI is InChI=1S/C16H20ClNO/c1-13(17)12-18(15-10-6-3-7-11-15)16(19)14-8-4-2-5-9-14/h2,4-5,8-9,15H,1,3,6-7,10-12H2. The quantitative estimate of drug-likeness (QED) is 0.807. The van der Waals surface area contributed by atoms with Crippen LogP contribution in [0.4, 0.5) is 0 Å². The predicted molar refractivity (Wildman–Crippen MR) is 79.3 cm³/mol. The number of benzene rings is 1. The predicted octanol–water partition coefficient (Wildman–Crippen LogP) is 4.21. The van der Waals surface area contributed by atoms with Gasteiger partial charge in [-0.15, -0.1) is 0 Å². The number of halogens is 1. The van der Waals surface area contributed by atoms with Crippen LogP contribution in [0.5, 0.6) is 0 Å². The summed E-state index contributed by atoms with van der Waals surface area (Å²) in [7, 11) is 0. The molecule has 1 aromatic rings. The topological polar surface area (TPSA) is 20.3 Å². The number of carbonyl (C=O) groups excluding carboxylic acids is 1. The number of amides is 1. The molecule has 0 aromatic heterocycles. The summed E-state index contributed by atoms with van der Waals surface area (Å²) in [6.45, 7) is 4.18. The fraction of sp³-hybridized carbons (Fsp3) is 0.438. The van der Waals surface area contributed by atoms with Crippen molar-refractivity contribution in [1.29, 1.82) is 0 Å². The third kappa shape index (κ3) is 3.84. The molecule has 1 aromatic carbocycles. The Hall–Kier alpha value is -1.28. The van der Waals surface area contributed by atoms with E-state index >= 15 is 0 Å². The van der Waals surface area contributed by atoms with Gasteiger partial charge in [0, 0.05) is 16.6 Å². The number of hydrogen-bond acceptors (Lipinski definition) is 1. The molecule has 0 heterocycles. The van der Waals surface area contributed by atoms with Crippen molar-refractivity contribution in [2.45, 2.75) is 38.1 Å². The minimum absolute atomic E-state index is 0.0642. The summed E-state index contributed by atoms with van der Waals surface area (Å²) in [6.07, 6.45) is 5.80. The Balaban J connectivity index is 2.16. The van der Waals surface area contributed by atoms with Gasteiger partial charge in [-0.1, -0.05) is 55.6 Å². The lowest BCUT2D eigenvalue weighted by molar-refractivity contribution is 0.0660. The first-order valence-corrected chi connectivity index (χ1v) is 7.25. The van der Waals surface area contributed by atoms with Crippen LogP contribution in [-0.4, -0.2) is 23.4 Å². The van der Waals surface area contributed by atoms with Crippen molar-refractivity contribution in [3.63, 3.8) is 0 Å². The monoisotopic (exact) mass is 277 g/mol. The van der Waals surface area contributed by atoms with Crippen molar-refractivity contribution in [3.8, 4) is 0 Å². The molecule has 0 bridgehead atoms. The lowest BCUT2D eigenvalue weighted by atomic mass is 9.93. The molecule has 1 saturated carbocycles. The molecule has 0 unspecified atom stereocenters. The summed E-state index contributed by atoms with van der Waals surface area (Å²) in [6, 6.07) is 9.72. The Morgan fingerprint density at radius 1 is 1.21 bits per heavy atom. The van der Waals surface area contributed by atoms with Crippen molar-refractivity contribution < 1.29 is 4.79 Å². The molecule has 2 rings (SSSR count). The highest BCUT2D eigenvalue weighted by atomic mass is 35.5. The SMILES string of the molecule is C=C(Cl)CN(C(=O)c1ccccc1)C1CCCCC1. The third-order valence-electron chi connectivity index (χ3n) is 3.64. The van der Waals surface area contributed by atoms with E-state index in [1.54, 1.807) is 0 Å². The van der Waals surface area contributed by atoms with E-state index in [2.05, 4.69) is 6.58 Å². The maximum absolute atomic E-state index is 12.6. The van der Waals surface area contributed by atoms with Crippen LogP contribution in [0.15, 0.2) is 41.9 Å². The molecule has 102 valence electrons. The second kappa shape index (κ2) is 6.76. The van der Waals surface area contributed by atoms with Crippen molar-refractivity contribution >= 4 is 17.5 Å². The van der Waals surface area contributed by atoms with E-state index in [9.17, 15) is 4.79 Å². The lowest BCUT2D eigenvalue weighted by Gasteiger charge is -2.34. The van der Waals surface area contributed by atoms with Gasteiger partial charge < -0.3 is 4.90 Å². The normalized spacial score (nSPS) is 16.1. The Morgan fingerprint density at radius 3 is 2.42 bits per heavy atom. The van der Waals surface area contributed by atoms with Crippen LogP contribution in [-0.2, 0) is 0 Å². The molecule has 0 aliphatic heterocycles. The first-order valence-electron chi connectivity index (χ1n) is 6.88. The van der Waals surface area contributed by atoms with Crippen molar-refractivity contribution in [2.75, 3.05) is 6.54 Å². The second-order valence-electron chi connectivity index (χ2n) is 5.11. The van der Waals surface area contributed by atoms with E-state index < -0.39 is 0 Å². The minimum atomic E-state index is 0.0642. The number of carbonyl (C=O) groups is 1. The largest absolute Gasteiger partial charge is 0.330 e. The molecule has 0 saturated heterocycles. The first-order chi connectivity index (χ1) is 9.18. The Bertz CT molecular complexity index is 437. The van der Waals surface area contributed by atoms with E-state index in [0.29, 0.717) is 17.6 Å². The molecule has 1 aliphatic carbocycles. The van der Waals surface area contributed by atoms with Gasteiger partial charge in [0.05, 0.1) is 6.54 Å². The van der Waals surface area contributed by atoms with E-state index in [1.807, 2.05) is 35.2 Å². The number of hydrogen-bond donors (Lipinski definition) is 0. The van der Waals surface area contributed by atoms with Crippen LogP contribution in [0.1, 0.15) is 42.5 Å². The molecule has 3 heteroatoms. The molecule has 19 heavy (non-hydrogen) atoms. The van der Waals surface area contributed by atoms with Gasteiger partial charge in [0.15, 0.2) is 0 Å². The summed E-state index contributed by atoms with van der Waals surface area (Å²) in [5, 5.41) is 0.523. The van der Waals surface area contributed by atoms with Crippen LogP contribution in [0, 0.1) is 0 Å². The zero-order valence-corrected chi connectivity index (χ0v) is 11.9. The van der Waals surface area contributed by atoms with Crippen molar-refractivity contribution in [2.24, 2.45) is 0 Å². The number of rotatable bonds is 4. The van der Waals surface area contributed by atoms with Gasteiger partial charge in [0.2, 0.25) is 0 Å². The van der Waals surface area contributed by atoms with E-state index in [-0.39, 0.29) is 5.91 Å². The maximum Gasteiger partial charge on any atom is 0.254 e. The molecule has 1 fully saturated rings. The van der Waals surface area contributed by atoms with Gasteiger partial charge in [-0.2, -0.15) is 0 Å². The highest BCUT2D eigenvalue weighted by Gasteiger charge is 2.26. The molecule has 0 radical (unpaired) electrons. The second-order valence-corrected chi connectivity index (χ2v) is 5.64. The Kier molecular flexibility index (Phi) is 5.03. The summed E-state index contributed by atoms with van der Waals surface area (Å²) >= 11 is 5.93. The van der Waals surface area contributed by atoms with Gasteiger partial charge in [0.25, 0.3) is 5.91 Å². The maximum atomic E-state index is 12.6. The fourth-order valence-electron chi connectivity index (χ4n) is 2.69. The lowest BCUT2D eigenvalue weighted by Crippen LogP contribution is -2.42. The summed E-state index contributed by atoms with van der Waals surface area (Å²) < 4.78 is 0. The molecular formula is C16H20ClNO. The average Bonchev–Trinajstić information content (AvgIpc) is 2.46. The fourth-order valence-corrected chi connectivity index (χ4v) is 2.82. The van der Waals surface area contributed by atoms with Crippen LogP contribution < -0.4 is 0 Å². The average molecular weight is 278 g/mol. The van der Waals surface area contributed by atoms with Gasteiger partial charge in [-0.25, -0.2) is 0 Å². The molecule has 1 aliphatic rings. The summed E-state index contributed by atoms with van der Waals surface area (Å²) in [4.78, 5) is 14.5. The van der Waals surface area contributed by atoms with Crippen LogP contribution >= 0.6 is 11.6 Å². The third-order valence-corrected chi connectivity index (χ3v) is 3.76. The zero-order chi connectivity index (χ0) is 13.7. The number of nitrogens with zero attached hydrogens (tertiary/aromatic N) is 1. The molecular weight excluding hydrogens is 258 g/mol. The van der Waals surface area contributed by atoms with Gasteiger partial charge in [-0.3, -0.25) is 4.79 Å². The minimum Gasteiger partial charge on any atom is -0.330 e. The summed E-state index contributed by atoms with van der Waals surface area (Å²) in [5.74, 6) is 0.0642. The molecule has 0 N–H and O–H groups in total. The summed E-state index contributed by atoms with van der Waals surface area (Å²) in [5.41, 5.74) is 0.728. The Labute approximate surface area is 120 Å². The van der Waals surface area contributed by atoms with E-state index in [4.69, 9.17) is 11.6 Å². The molecule has 0 atom stereocenters. The first kappa shape index (κ1) is 14.1. The molecule has 1 amide bonds. The van der Waals surface area contributed by atoms with Crippen LogP contribution in [0.3, 0.4) is 0 Å². The van der Waals surface area contributed by atoms with E-state index in [0.717, 1.165) is 18.4 Å². The van der Waals surface area contributed by atoms with Gasteiger partial charge in [0.1, 0.15) is 0 Å². The molecule has 0 spiro atoms. The zero-order valence-electron chi connectivity index (χ0n) is 11.1. The van der Waals surface area contributed by atoms with Crippen molar-refractivity contribution in [3.05, 3.63) is 47.5 Å².